The number of hydrogen-bond donors (Lipinski definition) is 1. The molecule has 0 aliphatic carbocycles. The zero-order valence-corrected chi connectivity index (χ0v) is 9.07. The molecular weight excluding hydrogens is 190 g/mol. The van der Waals surface area contributed by atoms with Gasteiger partial charge in [0.15, 0.2) is 0 Å². The molecule has 1 aliphatic heterocycles. The maximum atomic E-state index is 5.67. The number of rotatable bonds is 3. The van der Waals surface area contributed by atoms with E-state index in [9.17, 15) is 0 Å². The Morgan fingerprint density at radius 2 is 2.07 bits per heavy atom. The molecule has 0 atom stereocenters. The lowest BCUT2D eigenvalue weighted by Crippen LogP contribution is -2.30. The first-order chi connectivity index (χ1) is 7.36. The topological polar surface area (TPSA) is 47.0 Å². The minimum absolute atomic E-state index is 0.660. The molecule has 0 unspecified atom stereocenters. The van der Waals surface area contributed by atoms with Crippen LogP contribution in [0, 0.1) is 12.8 Å². The summed E-state index contributed by atoms with van der Waals surface area (Å²) < 4.78 is 5.67. The monoisotopic (exact) mass is 207 g/mol. The lowest BCUT2D eigenvalue weighted by Gasteiger charge is -2.22. The standard InChI is InChI=1S/C11H17N3O/c1-9-11(14-7-6-13-9)15-8-10-2-4-12-5-3-10/h6-7,10,12H,2-5,8H2,1H3. The first-order valence-corrected chi connectivity index (χ1v) is 5.47. The minimum atomic E-state index is 0.660. The van der Waals surface area contributed by atoms with Crippen molar-refractivity contribution in [3.05, 3.63) is 18.1 Å². The largest absolute Gasteiger partial charge is 0.476 e. The molecule has 0 saturated carbocycles. The number of aryl methyl sites for hydroxylation is 1. The molecule has 0 amide bonds. The molecule has 0 radical (unpaired) electrons. The zero-order valence-electron chi connectivity index (χ0n) is 9.07. The fraction of sp³-hybridized carbons (Fsp3) is 0.636. The quantitative estimate of drug-likeness (QED) is 0.808. The number of piperidine rings is 1. The highest BCUT2D eigenvalue weighted by Gasteiger charge is 2.14. The van der Waals surface area contributed by atoms with Crippen LogP contribution in [0.25, 0.3) is 0 Å². The number of nitrogens with one attached hydrogen (secondary N) is 1. The summed E-state index contributed by atoms with van der Waals surface area (Å²) in [6, 6.07) is 0. The molecular formula is C11H17N3O. The van der Waals surface area contributed by atoms with E-state index in [2.05, 4.69) is 15.3 Å². The van der Waals surface area contributed by atoms with Crippen LogP contribution in [0.4, 0.5) is 0 Å². The summed E-state index contributed by atoms with van der Waals surface area (Å²) in [6.45, 7) is 4.90. The lowest BCUT2D eigenvalue weighted by atomic mass is 9.99. The van der Waals surface area contributed by atoms with E-state index < -0.39 is 0 Å². The summed E-state index contributed by atoms with van der Waals surface area (Å²) in [5.41, 5.74) is 0.867. The second-order valence-corrected chi connectivity index (χ2v) is 3.95. The maximum absolute atomic E-state index is 5.67. The normalized spacial score (nSPS) is 17.7. The van der Waals surface area contributed by atoms with Gasteiger partial charge in [-0.05, 0) is 38.8 Å². The van der Waals surface area contributed by atoms with E-state index in [0.717, 1.165) is 25.4 Å². The molecule has 4 heteroatoms. The number of ether oxygens (including phenoxy) is 1. The molecule has 0 bridgehead atoms. The highest BCUT2D eigenvalue weighted by atomic mass is 16.5. The molecule has 15 heavy (non-hydrogen) atoms. The van der Waals surface area contributed by atoms with E-state index in [0.29, 0.717) is 11.8 Å². The molecule has 1 aromatic heterocycles. The van der Waals surface area contributed by atoms with E-state index in [1.165, 1.54) is 12.8 Å². The van der Waals surface area contributed by atoms with Gasteiger partial charge in [-0.2, -0.15) is 0 Å². The van der Waals surface area contributed by atoms with E-state index in [4.69, 9.17) is 4.74 Å². The number of nitrogens with zero attached hydrogens (tertiary/aromatic N) is 2. The molecule has 1 N–H and O–H groups in total. The van der Waals surface area contributed by atoms with Gasteiger partial charge in [-0.15, -0.1) is 0 Å². The summed E-state index contributed by atoms with van der Waals surface area (Å²) in [4.78, 5) is 8.31. The van der Waals surface area contributed by atoms with Gasteiger partial charge in [-0.25, -0.2) is 4.98 Å². The second-order valence-electron chi connectivity index (χ2n) is 3.95. The van der Waals surface area contributed by atoms with Crippen molar-refractivity contribution in [3.63, 3.8) is 0 Å². The van der Waals surface area contributed by atoms with Crippen LogP contribution in [0.5, 0.6) is 5.88 Å². The van der Waals surface area contributed by atoms with E-state index in [-0.39, 0.29) is 0 Å². The summed E-state index contributed by atoms with van der Waals surface area (Å²) >= 11 is 0. The van der Waals surface area contributed by atoms with Crippen LogP contribution in [0.2, 0.25) is 0 Å². The Balaban J connectivity index is 1.84. The fourth-order valence-electron chi connectivity index (χ4n) is 1.78. The van der Waals surface area contributed by atoms with Crippen LogP contribution >= 0.6 is 0 Å². The van der Waals surface area contributed by atoms with Crippen LogP contribution in [0.1, 0.15) is 18.5 Å². The molecule has 1 fully saturated rings. The summed E-state index contributed by atoms with van der Waals surface area (Å²) in [7, 11) is 0. The molecule has 0 aromatic carbocycles. The Labute approximate surface area is 90.1 Å². The zero-order chi connectivity index (χ0) is 10.5. The summed E-state index contributed by atoms with van der Waals surface area (Å²) in [5, 5.41) is 3.34. The summed E-state index contributed by atoms with van der Waals surface area (Å²) in [6.07, 6.45) is 5.75. The van der Waals surface area contributed by atoms with Crippen LogP contribution in [0.3, 0.4) is 0 Å². The van der Waals surface area contributed by atoms with Crippen molar-refractivity contribution in [2.75, 3.05) is 19.7 Å². The fourth-order valence-corrected chi connectivity index (χ4v) is 1.78. The van der Waals surface area contributed by atoms with Gasteiger partial charge >= 0.3 is 0 Å². The third-order valence-electron chi connectivity index (χ3n) is 2.75. The number of aromatic nitrogens is 2. The van der Waals surface area contributed by atoms with Gasteiger partial charge in [0, 0.05) is 12.4 Å². The van der Waals surface area contributed by atoms with Crippen molar-refractivity contribution >= 4 is 0 Å². The second kappa shape index (κ2) is 5.07. The van der Waals surface area contributed by atoms with Crippen molar-refractivity contribution < 1.29 is 4.74 Å². The molecule has 2 heterocycles. The Morgan fingerprint density at radius 1 is 1.33 bits per heavy atom. The van der Waals surface area contributed by atoms with Crippen LogP contribution in [-0.4, -0.2) is 29.7 Å². The first-order valence-electron chi connectivity index (χ1n) is 5.47. The van der Waals surface area contributed by atoms with Gasteiger partial charge in [0.2, 0.25) is 5.88 Å². The Morgan fingerprint density at radius 3 is 2.80 bits per heavy atom. The maximum Gasteiger partial charge on any atom is 0.235 e. The van der Waals surface area contributed by atoms with Crippen molar-refractivity contribution in [1.29, 1.82) is 0 Å². The van der Waals surface area contributed by atoms with Gasteiger partial charge in [-0.3, -0.25) is 4.98 Å². The van der Waals surface area contributed by atoms with Gasteiger partial charge in [-0.1, -0.05) is 0 Å². The lowest BCUT2D eigenvalue weighted by molar-refractivity contribution is 0.207. The first kappa shape index (κ1) is 10.4. The molecule has 4 nitrogen and oxygen atoms in total. The number of hydrogen-bond acceptors (Lipinski definition) is 4. The highest BCUT2D eigenvalue weighted by Crippen LogP contribution is 2.15. The third-order valence-corrected chi connectivity index (χ3v) is 2.75. The summed E-state index contributed by atoms with van der Waals surface area (Å²) in [5.74, 6) is 1.34. The van der Waals surface area contributed by atoms with E-state index in [1.54, 1.807) is 12.4 Å². The molecule has 82 valence electrons. The van der Waals surface area contributed by atoms with Crippen molar-refractivity contribution in [3.8, 4) is 5.88 Å². The van der Waals surface area contributed by atoms with Gasteiger partial charge < -0.3 is 10.1 Å². The SMILES string of the molecule is Cc1nccnc1OCC1CCNCC1. The van der Waals surface area contributed by atoms with Crippen molar-refractivity contribution in [2.24, 2.45) is 5.92 Å². The Kier molecular flexibility index (Phi) is 3.50. The molecule has 2 rings (SSSR count). The van der Waals surface area contributed by atoms with Gasteiger partial charge in [0.25, 0.3) is 0 Å². The van der Waals surface area contributed by atoms with E-state index >= 15 is 0 Å². The van der Waals surface area contributed by atoms with E-state index in [1.807, 2.05) is 6.92 Å². The van der Waals surface area contributed by atoms with Crippen LogP contribution in [-0.2, 0) is 0 Å². The third kappa shape index (κ3) is 2.89. The highest BCUT2D eigenvalue weighted by molar-refractivity contribution is 5.14. The average molecular weight is 207 g/mol. The molecule has 1 saturated heterocycles. The van der Waals surface area contributed by atoms with Crippen molar-refractivity contribution in [2.45, 2.75) is 19.8 Å². The molecule has 0 spiro atoms. The molecule has 1 aliphatic rings. The van der Waals surface area contributed by atoms with Gasteiger partial charge in [0.1, 0.15) is 0 Å². The Hall–Kier alpha value is -1.16. The van der Waals surface area contributed by atoms with Crippen molar-refractivity contribution in [1.82, 2.24) is 15.3 Å². The smallest absolute Gasteiger partial charge is 0.235 e. The average Bonchev–Trinajstić information content (AvgIpc) is 2.29. The molecule has 1 aromatic rings. The van der Waals surface area contributed by atoms with Gasteiger partial charge in [0.05, 0.1) is 12.3 Å². The van der Waals surface area contributed by atoms with Crippen LogP contribution < -0.4 is 10.1 Å². The minimum Gasteiger partial charge on any atom is -0.476 e. The Bertz CT molecular complexity index is 310. The van der Waals surface area contributed by atoms with Crippen LogP contribution in [0.15, 0.2) is 12.4 Å². The predicted octanol–water partition coefficient (Wildman–Crippen LogP) is 1.16. The predicted molar refractivity (Wildman–Crippen MR) is 57.9 cm³/mol.